The van der Waals surface area contributed by atoms with Crippen molar-refractivity contribution in [3.05, 3.63) is 29.6 Å². The average molecular weight is 428 g/mol. The van der Waals surface area contributed by atoms with Crippen LogP contribution in [0.5, 0.6) is 0 Å². The molecule has 152 valence electrons. The molecule has 29 heavy (non-hydrogen) atoms. The number of fused-ring (bicyclic) bond motifs is 1. The van der Waals surface area contributed by atoms with Gasteiger partial charge in [0, 0.05) is 45.2 Å². The summed E-state index contributed by atoms with van der Waals surface area (Å²) in [6.07, 6.45) is 1.82. The van der Waals surface area contributed by atoms with E-state index in [-0.39, 0.29) is 5.92 Å². The van der Waals surface area contributed by atoms with Gasteiger partial charge in [0.2, 0.25) is 5.91 Å². The number of likely N-dealkylation sites (N-methyl/N-ethyl adjacent to an activating group) is 1. The van der Waals surface area contributed by atoms with Gasteiger partial charge in [-0.2, -0.15) is 0 Å². The minimum Gasteiger partial charge on any atom is -0.348 e. The van der Waals surface area contributed by atoms with Crippen LogP contribution < -0.4 is 4.90 Å². The molecule has 0 unspecified atom stereocenters. The molecule has 3 aromatic heterocycles. The normalized spacial score (nSPS) is 19.2. The van der Waals surface area contributed by atoms with E-state index in [1.165, 1.54) is 4.88 Å². The van der Waals surface area contributed by atoms with Gasteiger partial charge in [0.1, 0.15) is 10.3 Å². The Kier molecular flexibility index (Phi) is 5.24. The number of carbonyl (C=O) groups is 1. The first kappa shape index (κ1) is 19.0. The van der Waals surface area contributed by atoms with Crippen LogP contribution in [0.15, 0.2) is 29.6 Å². The quantitative estimate of drug-likeness (QED) is 0.641. The summed E-state index contributed by atoms with van der Waals surface area (Å²) in [6.45, 7) is 5.48. The summed E-state index contributed by atoms with van der Waals surface area (Å²) in [5.41, 5.74) is 1.97. The molecule has 8 heteroatoms. The molecule has 3 aromatic rings. The van der Waals surface area contributed by atoms with Crippen molar-refractivity contribution in [2.75, 3.05) is 51.2 Å². The number of hydrogen-bond donors (Lipinski definition) is 0. The molecule has 0 aliphatic carbocycles. The predicted molar refractivity (Wildman–Crippen MR) is 120 cm³/mol. The Bertz CT molecular complexity index is 986. The minimum absolute atomic E-state index is 0.160. The summed E-state index contributed by atoms with van der Waals surface area (Å²) in [4.78, 5) is 31.3. The number of anilines is 1. The molecule has 5 heterocycles. The number of pyridine rings is 1. The van der Waals surface area contributed by atoms with E-state index in [0.717, 1.165) is 73.3 Å². The average Bonchev–Trinajstić information content (AvgIpc) is 3.43. The lowest BCUT2D eigenvalue weighted by Crippen LogP contribution is -2.50. The fraction of sp³-hybridized carbons (Fsp3) is 0.476. The fourth-order valence-corrected chi connectivity index (χ4v) is 5.79. The van der Waals surface area contributed by atoms with Gasteiger partial charge in [-0.05, 0) is 43.5 Å². The van der Waals surface area contributed by atoms with E-state index in [4.69, 9.17) is 9.97 Å². The highest BCUT2D eigenvalue weighted by atomic mass is 32.1. The van der Waals surface area contributed by atoms with Crippen molar-refractivity contribution in [3.8, 4) is 10.6 Å². The molecule has 0 radical (unpaired) electrons. The van der Waals surface area contributed by atoms with Gasteiger partial charge < -0.3 is 14.7 Å². The maximum atomic E-state index is 12.9. The molecule has 2 aliphatic rings. The lowest BCUT2D eigenvalue weighted by Gasteiger charge is -2.37. The molecule has 0 N–H and O–H groups in total. The number of rotatable bonds is 3. The number of piperazine rings is 1. The van der Waals surface area contributed by atoms with Crippen LogP contribution in [0.1, 0.15) is 12.8 Å². The summed E-state index contributed by atoms with van der Waals surface area (Å²) in [6, 6.07) is 8.28. The molecule has 0 spiro atoms. The first-order chi connectivity index (χ1) is 14.2. The SMILES string of the molecule is CN1CCN(C(=O)C2CCN(c3nc4ccc(-c5cccs5)nc4s3)CC2)CC1. The number of amides is 1. The molecule has 0 bridgehead atoms. The van der Waals surface area contributed by atoms with Crippen LogP contribution in [0.2, 0.25) is 0 Å². The van der Waals surface area contributed by atoms with Crippen molar-refractivity contribution < 1.29 is 4.79 Å². The standard InChI is InChI=1S/C21H25N5OS2/c1-24-10-12-25(13-11-24)20(27)15-6-8-26(9-7-15)21-23-17-5-4-16(22-19(17)29-21)18-3-2-14-28-18/h2-5,14-15H,6-13H2,1H3. The first-order valence-corrected chi connectivity index (χ1v) is 11.9. The first-order valence-electron chi connectivity index (χ1n) is 10.2. The molecule has 2 aliphatic heterocycles. The van der Waals surface area contributed by atoms with Crippen LogP contribution in [-0.2, 0) is 4.79 Å². The number of carbonyl (C=O) groups excluding carboxylic acids is 1. The number of nitrogens with zero attached hydrogens (tertiary/aromatic N) is 5. The summed E-state index contributed by atoms with van der Waals surface area (Å²) < 4.78 is 0. The van der Waals surface area contributed by atoms with Crippen LogP contribution >= 0.6 is 22.7 Å². The van der Waals surface area contributed by atoms with E-state index < -0.39 is 0 Å². The molecule has 1 amide bonds. The Hall–Kier alpha value is -2.03. The third-order valence-corrected chi connectivity index (χ3v) is 7.87. The Morgan fingerprint density at radius 2 is 1.83 bits per heavy atom. The second-order valence-electron chi connectivity index (χ2n) is 7.88. The number of thiophene rings is 1. The van der Waals surface area contributed by atoms with E-state index in [1.54, 1.807) is 22.7 Å². The number of thiazole rings is 1. The Morgan fingerprint density at radius 3 is 2.55 bits per heavy atom. The van der Waals surface area contributed by atoms with Crippen molar-refractivity contribution in [1.29, 1.82) is 0 Å². The summed E-state index contributed by atoms with van der Waals surface area (Å²) in [7, 11) is 2.12. The molecule has 0 saturated carbocycles. The second-order valence-corrected chi connectivity index (χ2v) is 9.79. The molecule has 5 rings (SSSR count). The topological polar surface area (TPSA) is 52.6 Å². The van der Waals surface area contributed by atoms with Gasteiger partial charge in [0.15, 0.2) is 5.13 Å². The van der Waals surface area contributed by atoms with Gasteiger partial charge in [-0.15, -0.1) is 11.3 Å². The molecular weight excluding hydrogens is 402 g/mol. The van der Waals surface area contributed by atoms with Crippen molar-refractivity contribution in [3.63, 3.8) is 0 Å². The molecule has 2 fully saturated rings. The molecular formula is C21H25N5OS2. The Labute approximate surface area is 178 Å². The third-order valence-electron chi connectivity index (χ3n) is 5.95. The molecule has 0 atom stereocenters. The monoisotopic (exact) mass is 427 g/mol. The summed E-state index contributed by atoms with van der Waals surface area (Å²) in [5.74, 6) is 0.511. The number of piperidine rings is 1. The maximum absolute atomic E-state index is 12.9. The van der Waals surface area contributed by atoms with E-state index in [9.17, 15) is 4.79 Å². The highest BCUT2D eigenvalue weighted by Crippen LogP contribution is 2.33. The molecule has 6 nitrogen and oxygen atoms in total. The van der Waals surface area contributed by atoms with Crippen molar-refractivity contribution in [1.82, 2.24) is 19.8 Å². The van der Waals surface area contributed by atoms with Crippen LogP contribution in [0.4, 0.5) is 5.13 Å². The minimum atomic E-state index is 0.160. The van der Waals surface area contributed by atoms with E-state index in [1.807, 2.05) is 0 Å². The van der Waals surface area contributed by atoms with Gasteiger partial charge in [0.05, 0.1) is 10.6 Å². The third kappa shape index (κ3) is 3.89. The van der Waals surface area contributed by atoms with Crippen molar-refractivity contribution >= 4 is 44.1 Å². The molecule has 2 saturated heterocycles. The van der Waals surface area contributed by atoms with E-state index in [2.05, 4.69) is 51.4 Å². The van der Waals surface area contributed by atoms with Crippen molar-refractivity contribution in [2.45, 2.75) is 12.8 Å². The largest absolute Gasteiger partial charge is 0.348 e. The summed E-state index contributed by atoms with van der Waals surface area (Å²) >= 11 is 3.37. The predicted octanol–water partition coefficient (Wildman–Crippen LogP) is 3.41. The van der Waals surface area contributed by atoms with E-state index in [0.29, 0.717) is 5.91 Å². The highest BCUT2D eigenvalue weighted by Gasteiger charge is 2.30. The fourth-order valence-electron chi connectivity index (χ4n) is 4.11. The maximum Gasteiger partial charge on any atom is 0.225 e. The lowest BCUT2D eigenvalue weighted by atomic mass is 9.95. The Balaban J connectivity index is 1.25. The van der Waals surface area contributed by atoms with Crippen LogP contribution in [0, 0.1) is 5.92 Å². The van der Waals surface area contributed by atoms with Crippen LogP contribution in [0.3, 0.4) is 0 Å². The zero-order valence-corrected chi connectivity index (χ0v) is 18.2. The van der Waals surface area contributed by atoms with Gasteiger partial charge in [-0.3, -0.25) is 4.79 Å². The van der Waals surface area contributed by atoms with Crippen LogP contribution in [-0.4, -0.2) is 72.0 Å². The van der Waals surface area contributed by atoms with Gasteiger partial charge in [-0.1, -0.05) is 17.4 Å². The number of hydrogen-bond acceptors (Lipinski definition) is 7. The zero-order chi connectivity index (χ0) is 19.8. The van der Waals surface area contributed by atoms with Gasteiger partial charge in [-0.25, -0.2) is 9.97 Å². The van der Waals surface area contributed by atoms with Gasteiger partial charge in [0.25, 0.3) is 0 Å². The van der Waals surface area contributed by atoms with E-state index >= 15 is 0 Å². The highest BCUT2D eigenvalue weighted by molar-refractivity contribution is 7.21. The Morgan fingerprint density at radius 1 is 1.03 bits per heavy atom. The van der Waals surface area contributed by atoms with Crippen LogP contribution in [0.25, 0.3) is 20.9 Å². The second kappa shape index (κ2) is 8.01. The summed E-state index contributed by atoms with van der Waals surface area (Å²) in [5, 5.41) is 3.11. The van der Waals surface area contributed by atoms with Gasteiger partial charge >= 0.3 is 0 Å². The molecule has 0 aromatic carbocycles. The smallest absolute Gasteiger partial charge is 0.225 e. The van der Waals surface area contributed by atoms with Crippen molar-refractivity contribution in [2.24, 2.45) is 5.92 Å². The number of aromatic nitrogens is 2. The lowest BCUT2D eigenvalue weighted by molar-refractivity contribution is -0.137. The zero-order valence-electron chi connectivity index (χ0n) is 16.6.